The molecule has 0 aliphatic carbocycles. The van der Waals surface area contributed by atoms with Gasteiger partial charge in [0, 0.05) is 5.56 Å². The lowest BCUT2D eigenvalue weighted by Gasteiger charge is -2.21. The third kappa shape index (κ3) is 4.70. The number of urea groups is 1. The maximum absolute atomic E-state index is 13.0. The van der Waals surface area contributed by atoms with Crippen LogP contribution in [0.1, 0.15) is 24.5 Å². The van der Waals surface area contributed by atoms with E-state index >= 15 is 0 Å². The molecular formula is C23H24N6O3S. The Morgan fingerprint density at radius 1 is 1.15 bits per heavy atom. The molecule has 3 aromatic rings. The van der Waals surface area contributed by atoms with E-state index in [-0.39, 0.29) is 11.3 Å². The molecule has 3 N–H and O–H groups in total. The lowest BCUT2D eigenvalue weighted by molar-refractivity contribution is -0.139. The predicted octanol–water partition coefficient (Wildman–Crippen LogP) is 2.89. The number of amides is 4. The number of nitrogens with zero attached hydrogens (tertiary/aromatic N) is 3. The zero-order valence-electron chi connectivity index (χ0n) is 18.3. The Balaban J connectivity index is 1.45. The number of H-pyrrole nitrogens is 1. The van der Waals surface area contributed by atoms with Crippen LogP contribution in [0.2, 0.25) is 0 Å². The molecule has 0 radical (unpaired) electrons. The molecule has 0 spiro atoms. The molecule has 10 heteroatoms. The van der Waals surface area contributed by atoms with Gasteiger partial charge in [0.05, 0.1) is 0 Å². The van der Waals surface area contributed by atoms with E-state index in [0.29, 0.717) is 18.7 Å². The van der Waals surface area contributed by atoms with Gasteiger partial charge in [0.1, 0.15) is 12.1 Å². The number of hydrazine groups is 1. The van der Waals surface area contributed by atoms with E-state index < -0.39 is 23.4 Å². The minimum atomic E-state index is -1.11. The molecule has 2 aromatic carbocycles. The molecule has 4 amide bonds. The summed E-state index contributed by atoms with van der Waals surface area (Å²) in [4.78, 5) is 38.2. The van der Waals surface area contributed by atoms with Crippen molar-refractivity contribution in [2.24, 2.45) is 0 Å². The summed E-state index contributed by atoms with van der Waals surface area (Å²) in [6, 6.07) is 16.6. The summed E-state index contributed by atoms with van der Waals surface area (Å²) in [6.45, 7) is 3.40. The van der Waals surface area contributed by atoms with Crippen LogP contribution < -0.4 is 10.7 Å². The van der Waals surface area contributed by atoms with Gasteiger partial charge in [-0.2, -0.15) is 10.1 Å². The molecule has 0 bridgehead atoms. The van der Waals surface area contributed by atoms with E-state index in [2.05, 4.69) is 20.9 Å². The van der Waals surface area contributed by atoms with Crippen LogP contribution >= 0.6 is 12.2 Å². The van der Waals surface area contributed by atoms with Crippen LogP contribution in [0.15, 0.2) is 54.6 Å². The zero-order valence-corrected chi connectivity index (χ0v) is 19.1. The summed E-state index contributed by atoms with van der Waals surface area (Å²) in [5.41, 5.74) is 4.18. The Labute approximate surface area is 195 Å². The van der Waals surface area contributed by atoms with Gasteiger partial charge in [0.15, 0.2) is 10.6 Å². The smallest absolute Gasteiger partial charge is 0.322 e. The van der Waals surface area contributed by atoms with Gasteiger partial charge >= 0.3 is 6.03 Å². The number of aromatic nitrogens is 3. The first-order valence-corrected chi connectivity index (χ1v) is 10.9. The molecule has 1 aromatic heterocycles. The fourth-order valence-corrected chi connectivity index (χ4v) is 3.96. The van der Waals surface area contributed by atoms with Crippen molar-refractivity contribution in [2.45, 2.75) is 38.8 Å². The number of imide groups is 1. The van der Waals surface area contributed by atoms with E-state index in [1.54, 1.807) is 6.92 Å². The number of aryl methyl sites for hydroxylation is 2. The van der Waals surface area contributed by atoms with E-state index in [0.717, 1.165) is 21.7 Å². The highest BCUT2D eigenvalue weighted by molar-refractivity contribution is 7.71. The largest absolute Gasteiger partial charge is 0.344 e. The fraction of sp³-hybridized carbons (Fsp3) is 0.261. The van der Waals surface area contributed by atoms with Crippen LogP contribution in [0.5, 0.6) is 0 Å². The lowest BCUT2D eigenvalue weighted by atomic mass is 9.93. The van der Waals surface area contributed by atoms with Crippen molar-refractivity contribution >= 4 is 30.1 Å². The van der Waals surface area contributed by atoms with Gasteiger partial charge in [-0.15, -0.1) is 0 Å². The molecule has 1 atom stereocenters. The van der Waals surface area contributed by atoms with Gasteiger partial charge in [-0.25, -0.2) is 4.79 Å². The van der Waals surface area contributed by atoms with E-state index in [1.807, 2.05) is 61.5 Å². The number of hydrogen-bond acceptors (Lipinski definition) is 5. The molecule has 1 aliphatic heterocycles. The second-order valence-electron chi connectivity index (χ2n) is 8.23. The van der Waals surface area contributed by atoms with Crippen LogP contribution in [0.4, 0.5) is 4.79 Å². The second-order valence-corrected chi connectivity index (χ2v) is 8.62. The topological polar surface area (TPSA) is 112 Å². The highest BCUT2D eigenvalue weighted by atomic mass is 32.1. The van der Waals surface area contributed by atoms with Gasteiger partial charge < -0.3 is 5.32 Å². The minimum Gasteiger partial charge on any atom is -0.322 e. The van der Waals surface area contributed by atoms with Crippen molar-refractivity contribution in [2.75, 3.05) is 0 Å². The summed E-state index contributed by atoms with van der Waals surface area (Å²) in [5.74, 6) is -0.590. The van der Waals surface area contributed by atoms with Crippen LogP contribution in [-0.2, 0) is 22.6 Å². The highest BCUT2D eigenvalue weighted by Gasteiger charge is 2.48. The van der Waals surface area contributed by atoms with E-state index in [4.69, 9.17) is 12.2 Å². The van der Waals surface area contributed by atoms with Crippen molar-refractivity contribution < 1.29 is 14.4 Å². The average Bonchev–Trinajstić information content (AvgIpc) is 3.25. The lowest BCUT2D eigenvalue weighted by Crippen LogP contribution is -2.49. The standard InChI is InChI=1S/C23H24N6O3S/c1-15-7-6-10-17(13-15)19-25-26-22(33)28(19)14-18(30)27-29-20(31)23(2,24-21(29)32)12-11-16-8-4-3-5-9-16/h3-10,13H,11-12,14H2,1-2H3,(H,24,32)(H,26,33)(H,27,30). The first-order chi connectivity index (χ1) is 15.8. The Morgan fingerprint density at radius 3 is 2.64 bits per heavy atom. The van der Waals surface area contributed by atoms with Gasteiger partial charge in [0.2, 0.25) is 0 Å². The van der Waals surface area contributed by atoms with Gasteiger partial charge in [0.25, 0.3) is 11.8 Å². The fourth-order valence-electron chi connectivity index (χ4n) is 3.77. The first kappa shape index (κ1) is 22.4. The third-order valence-corrected chi connectivity index (χ3v) is 5.90. The highest BCUT2D eigenvalue weighted by Crippen LogP contribution is 2.23. The van der Waals surface area contributed by atoms with Gasteiger partial charge in [-0.1, -0.05) is 54.1 Å². The normalized spacial score (nSPS) is 17.8. The van der Waals surface area contributed by atoms with E-state index in [1.165, 1.54) is 4.57 Å². The van der Waals surface area contributed by atoms with Crippen LogP contribution in [-0.4, -0.2) is 43.2 Å². The molecule has 33 heavy (non-hydrogen) atoms. The average molecular weight is 465 g/mol. The summed E-state index contributed by atoms with van der Waals surface area (Å²) in [7, 11) is 0. The SMILES string of the molecule is Cc1cccc(-c2n[nH]c(=S)n2CC(=O)NN2C(=O)NC(C)(CCc3ccccc3)C2=O)c1. The molecular weight excluding hydrogens is 440 g/mol. The summed E-state index contributed by atoms with van der Waals surface area (Å²) in [5, 5.41) is 10.4. The number of benzene rings is 2. The predicted molar refractivity (Wildman–Crippen MR) is 124 cm³/mol. The molecule has 1 aliphatic rings. The Kier molecular flexibility index (Phi) is 6.10. The van der Waals surface area contributed by atoms with Crippen molar-refractivity contribution in [1.82, 2.24) is 30.5 Å². The summed E-state index contributed by atoms with van der Waals surface area (Å²) >= 11 is 5.28. The van der Waals surface area contributed by atoms with Crippen LogP contribution in [0, 0.1) is 11.7 Å². The molecule has 4 rings (SSSR count). The quantitative estimate of drug-likeness (QED) is 0.368. The molecule has 0 saturated carbocycles. The van der Waals surface area contributed by atoms with Crippen LogP contribution in [0.25, 0.3) is 11.4 Å². The number of rotatable bonds is 7. The molecule has 1 saturated heterocycles. The van der Waals surface area contributed by atoms with Crippen molar-refractivity contribution in [3.8, 4) is 11.4 Å². The van der Waals surface area contributed by atoms with Crippen molar-refractivity contribution in [1.29, 1.82) is 0 Å². The molecule has 2 heterocycles. The first-order valence-electron chi connectivity index (χ1n) is 10.5. The van der Waals surface area contributed by atoms with Gasteiger partial charge in [-0.05, 0) is 50.5 Å². The summed E-state index contributed by atoms with van der Waals surface area (Å²) < 4.78 is 1.78. The third-order valence-electron chi connectivity index (χ3n) is 5.59. The number of aromatic amines is 1. The van der Waals surface area contributed by atoms with Crippen molar-refractivity contribution in [3.63, 3.8) is 0 Å². The number of carbonyl (C=O) groups is 3. The monoisotopic (exact) mass is 464 g/mol. The Hall–Kier alpha value is -3.79. The molecule has 1 fully saturated rings. The minimum absolute atomic E-state index is 0.212. The Bertz CT molecular complexity index is 1270. The van der Waals surface area contributed by atoms with Crippen molar-refractivity contribution in [3.05, 3.63) is 70.5 Å². The molecule has 1 unspecified atom stereocenters. The maximum Gasteiger partial charge on any atom is 0.344 e. The molecule has 170 valence electrons. The number of carbonyl (C=O) groups excluding carboxylic acids is 3. The zero-order chi connectivity index (χ0) is 23.6. The molecule has 9 nitrogen and oxygen atoms in total. The summed E-state index contributed by atoms with van der Waals surface area (Å²) in [6.07, 6.45) is 1.01. The number of hydrogen-bond donors (Lipinski definition) is 3. The second kappa shape index (κ2) is 8.99. The number of nitrogens with one attached hydrogen (secondary N) is 3. The Morgan fingerprint density at radius 2 is 1.91 bits per heavy atom. The van der Waals surface area contributed by atoms with E-state index in [9.17, 15) is 14.4 Å². The maximum atomic E-state index is 13.0. The van der Waals surface area contributed by atoms with Crippen LogP contribution in [0.3, 0.4) is 0 Å². The van der Waals surface area contributed by atoms with Gasteiger partial charge in [-0.3, -0.25) is 24.7 Å².